The van der Waals surface area contributed by atoms with Gasteiger partial charge < -0.3 is 28.4 Å². The molecule has 0 saturated carbocycles. The fourth-order valence-electron chi connectivity index (χ4n) is 4.32. The molecule has 0 spiro atoms. The van der Waals surface area contributed by atoms with Gasteiger partial charge in [-0.15, -0.1) is 0 Å². The van der Waals surface area contributed by atoms with Crippen molar-refractivity contribution in [3.8, 4) is 23.0 Å². The molecule has 0 heterocycles. The minimum absolute atomic E-state index is 0.134. The van der Waals surface area contributed by atoms with Crippen molar-refractivity contribution in [2.75, 3.05) is 28.1 Å². The molecule has 1 atom stereocenters. The lowest BCUT2D eigenvalue weighted by Crippen LogP contribution is -2.15. The van der Waals surface area contributed by atoms with E-state index in [1.807, 2.05) is 73.7 Å². The second kappa shape index (κ2) is 13.5. The fraction of sp³-hybridized carbons (Fsp3) is 0.290. The Balaban J connectivity index is 1.64. The van der Waals surface area contributed by atoms with E-state index >= 15 is 0 Å². The summed E-state index contributed by atoms with van der Waals surface area (Å²) in [6.45, 7) is 3.08. The van der Waals surface area contributed by atoms with Gasteiger partial charge in [-0.05, 0) is 40.0 Å². The topological polar surface area (TPSA) is 55.4 Å². The highest BCUT2D eigenvalue weighted by Gasteiger charge is 2.24. The Morgan fingerprint density at radius 3 is 1.97 bits per heavy atom. The number of hydrogen-bond donors (Lipinski definition) is 0. The highest BCUT2D eigenvalue weighted by Crippen LogP contribution is 2.49. The molecule has 0 aliphatic rings. The van der Waals surface area contributed by atoms with Crippen LogP contribution in [0, 0.1) is 0 Å². The van der Waals surface area contributed by atoms with E-state index in [0.717, 1.165) is 31.9 Å². The second-order valence-electron chi connectivity index (χ2n) is 8.82. The number of rotatable bonds is 13. The summed E-state index contributed by atoms with van der Waals surface area (Å²) in [5.41, 5.74) is 3.09. The van der Waals surface area contributed by atoms with Crippen molar-refractivity contribution in [3.05, 3.63) is 94.0 Å². The Hall–Kier alpha value is -3.26. The number of hydrogen-bond acceptors (Lipinski definition) is 6. The van der Waals surface area contributed by atoms with Crippen LogP contribution in [0.3, 0.4) is 0 Å². The van der Waals surface area contributed by atoms with Gasteiger partial charge in [0.2, 0.25) is 0 Å². The highest BCUT2D eigenvalue weighted by atomic mass is 79.9. The van der Waals surface area contributed by atoms with E-state index in [1.54, 1.807) is 21.3 Å². The SMILES string of the molecule is COc1cc(OC)c2c(OCc3ccccc3)c(OC)c(C[C@H](C)OCOCc3ccccc3)cc2c1Br. The molecule has 0 fully saturated rings. The zero-order chi connectivity index (χ0) is 26.9. The number of ether oxygens (including phenoxy) is 6. The van der Waals surface area contributed by atoms with Crippen LogP contribution in [0.15, 0.2) is 77.3 Å². The summed E-state index contributed by atoms with van der Waals surface area (Å²) in [5.74, 6) is 2.55. The highest BCUT2D eigenvalue weighted by molar-refractivity contribution is 9.10. The van der Waals surface area contributed by atoms with Crippen molar-refractivity contribution >= 4 is 26.7 Å². The Bertz CT molecular complexity index is 1330. The van der Waals surface area contributed by atoms with Crippen LogP contribution >= 0.6 is 15.9 Å². The van der Waals surface area contributed by atoms with E-state index in [0.29, 0.717) is 42.6 Å². The van der Waals surface area contributed by atoms with E-state index in [2.05, 4.69) is 22.0 Å². The minimum atomic E-state index is -0.134. The van der Waals surface area contributed by atoms with Gasteiger partial charge >= 0.3 is 0 Å². The first-order chi connectivity index (χ1) is 18.5. The summed E-state index contributed by atoms with van der Waals surface area (Å²) in [6, 6.07) is 24.0. The molecule has 0 aliphatic heterocycles. The molecule has 6 nitrogen and oxygen atoms in total. The smallest absolute Gasteiger partial charge is 0.173 e. The predicted octanol–water partition coefficient (Wildman–Crippen LogP) is 7.33. The Kier molecular flexibility index (Phi) is 9.87. The van der Waals surface area contributed by atoms with E-state index < -0.39 is 0 Å². The summed E-state index contributed by atoms with van der Waals surface area (Å²) < 4.78 is 36.3. The van der Waals surface area contributed by atoms with Gasteiger partial charge in [-0.3, -0.25) is 0 Å². The van der Waals surface area contributed by atoms with Crippen LogP contribution in [-0.2, 0) is 29.1 Å². The molecule has 0 N–H and O–H groups in total. The first kappa shape index (κ1) is 27.8. The van der Waals surface area contributed by atoms with Crippen molar-refractivity contribution in [2.45, 2.75) is 32.7 Å². The molecule has 4 aromatic carbocycles. The monoisotopic (exact) mass is 580 g/mol. The zero-order valence-electron chi connectivity index (χ0n) is 22.2. The van der Waals surface area contributed by atoms with Crippen LogP contribution in [0.4, 0.5) is 0 Å². The first-order valence-corrected chi connectivity index (χ1v) is 13.2. The molecule has 0 bridgehead atoms. The molecule has 4 rings (SSSR count). The number of fused-ring (bicyclic) bond motifs is 1. The number of methoxy groups -OCH3 is 3. The first-order valence-electron chi connectivity index (χ1n) is 12.4. The minimum Gasteiger partial charge on any atom is -0.496 e. The van der Waals surface area contributed by atoms with Gasteiger partial charge in [0, 0.05) is 23.4 Å². The zero-order valence-corrected chi connectivity index (χ0v) is 23.7. The maximum absolute atomic E-state index is 6.44. The van der Waals surface area contributed by atoms with Crippen molar-refractivity contribution in [2.24, 2.45) is 0 Å². The number of benzene rings is 4. The average molecular weight is 582 g/mol. The molecule has 0 radical (unpaired) electrons. The van der Waals surface area contributed by atoms with Crippen LogP contribution < -0.4 is 18.9 Å². The summed E-state index contributed by atoms with van der Waals surface area (Å²) in [5, 5.41) is 1.70. The standard InChI is InChI=1S/C31H33BrO6/c1-21(38-20-36-18-22-11-7-5-8-12-22)15-24-16-25-28(26(33-2)17-27(34-3)29(25)32)31(30(24)35-4)37-19-23-13-9-6-10-14-23/h5-14,16-17,21H,15,18-20H2,1-4H3/t21-/m0/s1. The molecule has 7 heteroatoms. The summed E-state index contributed by atoms with van der Waals surface area (Å²) in [4.78, 5) is 0. The third kappa shape index (κ3) is 6.59. The molecule has 0 saturated heterocycles. The van der Waals surface area contributed by atoms with Crippen LogP contribution in [0.25, 0.3) is 10.8 Å². The van der Waals surface area contributed by atoms with E-state index in [4.69, 9.17) is 28.4 Å². The Morgan fingerprint density at radius 1 is 0.737 bits per heavy atom. The van der Waals surface area contributed by atoms with Crippen molar-refractivity contribution in [3.63, 3.8) is 0 Å². The molecule has 200 valence electrons. The Morgan fingerprint density at radius 2 is 1.37 bits per heavy atom. The molecule has 38 heavy (non-hydrogen) atoms. The molecular formula is C31H33BrO6. The van der Waals surface area contributed by atoms with E-state index in [9.17, 15) is 0 Å². The van der Waals surface area contributed by atoms with Crippen molar-refractivity contribution in [1.29, 1.82) is 0 Å². The van der Waals surface area contributed by atoms with Crippen LogP contribution in [-0.4, -0.2) is 34.2 Å². The lowest BCUT2D eigenvalue weighted by atomic mass is 9.99. The van der Waals surface area contributed by atoms with Crippen molar-refractivity contribution in [1.82, 2.24) is 0 Å². The van der Waals surface area contributed by atoms with Crippen molar-refractivity contribution < 1.29 is 28.4 Å². The van der Waals surface area contributed by atoms with Gasteiger partial charge in [0.25, 0.3) is 0 Å². The fourth-order valence-corrected chi connectivity index (χ4v) is 4.91. The van der Waals surface area contributed by atoms with Crippen LogP contribution in [0.1, 0.15) is 23.6 Å². The second-order valence-corrected chi connectivity index (χ2v) is 9.62. The normalized spacial score (nSPS) is 11.8. The largest absolute Gasteiger partial charge is 0.496 e. The summed E-state index contributed by atoms with van der Waals surface area (Å²) in [7, 11) is 4.92. The van der Waals surface area contributed by atoms with E-state index in [-0.39, 0.29) is 12.9 Å². The molecular weight excluding hydrogens is 548 g/mol. The number of halogens is 1. The molecule has 0 unspecified atom stereocenters. The quantitative estimate of drug-likeness (QED) is 0.122. The maximum Gasteiger partial charge on any atom is 0.173 e. The van der Waals surface area contributed by atoms with Gasteiger partial charge in [0.05, 0.1) is 43.9 Å². The Labute approximate surface area is 232 Å². The molecule has 0 aliphatic carbocycles. The van der Waals surface area contributed by atoms with Gasteiger partial charge in [0.1, 0.15) is 24.9 Å². The third-order valence-electron chi connectivity index (χ3n) is 6.20. The van der Waals surface area contributed by atoms with E-state index in [1.165, 1.54) is 0 Å². The maximum atomic E-state index is 6.44. The molecule has 0 amide bonds. The van der Waals surface area contributed by atoms with Crippen LogP contribution in [0.5, 0.6) is 23.0 Å². The summed E-state index contributed by atoms with van der Waals surface area (Å²) in [6.07, 6.45) is 0.451. The molecule has 4 aromatic rings. The summed E-state index contributed by atoms with van der Waals surface area (Å²) >= 11 is 3.73. The van der Waals surface area contributed by atoms with Gasteiger partial charge in [-0.25, -0.2) is 0 Å². The predicted molar refractivity (Wildman–Crippen MR) is 152 cm³/mol. The third-order valence-corrected chi connectivity index (χ3v) is 7.02. The molecule has 0 aromatic heterocycles. The van der Waals surface area contributed by atoms with Gasteiger partial charge in [0.15, 0.2) is 11.5 Å². The van der Waals surface area contributed by atoms with Gasteiger partial charge in [-0.2, -0.15) is 0 Å². The van der Waals surface area contributed by atoms with Gasteiger partial charge in [-0.1, -0.05) is 60.7 Å². The average Bonchev–Trinajstić information content (AvgIpc) is 2.95. The van der Waals surface area contributed by atoms with Crippen LogP contribution in [0.2, 0.25) is 0 Å². The lowest BCUT2D eigenvalue weighted by molar-refractivity contribution is -0.0900. The lowest BCUT2D eigenvalue weighted by Gasteiger charge is -2.22.